The first kappa shape index (κ1) is 13.0. The molecule has 14 heavy (non-hydrogen) atoms. The van der Waals surface area contributed by atoms with E-state index >= 15 is 0 Å². The van der Waals surface area contributed by atoms with Crippen LogP contribution in [0.4, 0.5) is 13.4 Å². The first-order chi connectivity index (χ1) is 6.79. The molecule has 0 aromatic heterocycles. The zero-order chi connectivity index (χ0) is 11.0. The van der Waals surface area contributed by atoms with Crippen molar-refractivity contribution in [2.24, 2.45) is 0 Å². The van der Waals surface area contributed by atoms with Crippen molar-refractivity contribution in [2.45, 2.75) is 0 Å². The fraction of sp³-hybridized carbons (Fsp3) is 0.143. The fourth-order valence-electron chi connectivity index (χ4n) is 0.776. The van der Waals surface area contributed by atoms with Crippen LogP contribution in [0.2, 0.25) is 0 Å². The second-order valence-corrected chi connectivity index (χ2v) is 2.03. The monoisotopic (exact) mass is 208 g/mol. The minimum Gasteiger partial charge on any atom is -0.400 e. The number of hydrogen-bond acceptors (Lipinski definition) is 3. The molecule has 0 aliphatic rings. The van der Waals surface area contributed by atoms with Gasteiger partial charge in [-0.15, -0.1) is 0 Å². The Hall–Kier alpha value is -1.05. The van der Waals surface area contributed by atoms with Gasteiger partial charge in [0.1, 0.15) is 5.82 Å². The third kappa shape index (κ3) is 3.37. The lowest BCUT2D eigenvalue weighted by Crippen LogP contribution is -2.34. The lowest BCUT2D eigenvalue weighted by Gasteiger charge is -2.02. The normalized spacial score (nSPS) is 8.93. The van der Waals surface area contributed by atoms with Crippen molar-refractivity contribution < 1.29 is 28.3 Å². The second-order valence-electron chi connectivity index (χ2n) is 2.03. The summed E-state index contributed by atoms with van der Waals surface area (Å²) in [4.78, 5) is 6.06. The first-order valence-electron chi connectivity index (χ1n) is 3.53. The van der Waals surface area contributed by atoms with E-state index in [2.05, 4.69) is 9.72 Å². The highest BCUT2D eigenvalue weighted by Crippen LogP contribution is 1.99. The molecule has 78 valence electrons. The number of halogens is 3. The van der Waals surface area contributed by atoms with E-state index in [1.54, 1.807) is 0 Å². The summed E-state index contributed by atoms with van der Waals surface area (Å²) in [5, 5.41) is 7.00. The molecule has 0 saturated heterocycles. The molecule has 3 nitrogen and oxygen atoms in total. The molecule has 0 fully saturated rings. The van der Waals surface area contributed by atoms with E-state index in [1.165, 1.54) is 12.1 Å². The van der Waals surface area contributed by atoms with E-state index in [9.17, 15) is 13.4 Å². The van der Waals surface area contributed by atoms with Gasteiger partial charge in [-0.3, -0.25) is 0 Å². The van der Waals surface area contributed by atoms with Crippen LogP contribution < -0.4 is 5.46 Å². The Balaban J connectivity index is 0.000000791. The maximum atomic E-state index is 12.7. The summed E-state index contributed by atoms with van der Waals surface area (Å²) in [5.41, 5.74) is -0.331. The molecule has 0 saturated carbocycles. The van der Waals surface area contributed by atoms with E-state index in [-0.39, 0.29) is 5.46 Å². The van der Waals surface area contributed by atoms with Gasteiger partial charge in [0.25, 0.3) is 0 Å². The van der Waals surface area contributed by atoms with Crippen molar-refractivity contribution >= 4 is 12.6 Å². The van der Waals surface area contributed by atoms with E-state index < -0.39 is 12.9 Å². The summed E-state index contributed by atoms with van der Waals surface area (Å²) in [6.45, 7) is 0. The molecule has 1 aromatic carbocycles. The maximum absolute atomic E-state index is 12.7. The number of benzene rings is 1. The Bertz CT molecular complexity index is 258. The van der Waals surface area contributed by atoms with Gasteiger partial charge in [-0.25, -0.2) is 14.1 Å². The van der Waals surface area contributed by atoms with Gasteiger partial charge in [-0.05, 0) is 6.07 Å². The predicted molar refractivity (Wildman–Crippen MR) is 44.3 cm³/mol. The Labute approximate surface area is 79.0 Å². The van der Waals surface area contributed by atoms with Gasteiger partial charge in [0.05, 0.1) is 0 Å². The van der Waals surface area contributed by atoms with E-state index in [4.69, 9.17) is 5.11 Å². The number of aliphatic hydroxyl groups is 1. The van der Waals surface area contributed by atoms with Crippen molar-refractivity contribution in [1.82, 2.24) is 0 Å². The molecule has 0 unspecified atom stereocenters. The molecule has 0 heterocycles. The van der Waals surface area contributed by atoms with Crippen LogP contribution in [0, 0.1) is 5.82 Å². The van der Waals surface area contributed by atoms with Crippen LogP contribution in [0.15, 0.2) is 24.3 Å². The molecule has 0 aliphatic heterocycles. The fourth-order valence-corrected chi connectivity index (χ4v) is 0.776. The highest BCUT2D eigenvalue weighted by atomic mass is 19.3. The minimum absolute atomic E-state index is 0.331. The third-order valence-corrected chi connectivity index (χ3v) is 1.32. The minimum atomic E-state index is -1.95. The maximum Gasteiger partial charge on any atom is 0.571 e. The SMILES string of the molecule is CO.FOB(OF)c1ccccc1F. The Morgan fingerprint density at radius 3 is 2.07 bits per heavy atom. The standard InChI is InChI=1S/C6H4BF3O2.CH4O/c8-6-4-2-1-3-5(6)7(11-9)12-10;1-2/h1-4H;2H,1H3. The molecule has 0 bridgehead atoms. The van der Waals surface area contributed by atoms with Crippen LogP contribution in [-0.4, -0.2) is 19.3 Å². The second kappa shape index (κ2) is 7.37. The number of hydrogen-bond donors (Lipinski definition) is 1. The average molecular weight is 208 g/mol. The van der Waals surface area contributed by atoms with Gasteiger partial charge >= 0.3 is 7.12 Å². The lowest BCUT2D eigenvalue weighted by atomic mass is 9.80. The van der Waals surface area contributed by atoms with Crippen LogP contribution in [0.3, 0.4) is 0 Å². The molecule has 0 aliphatic carbocycles. The van der Waals surface area contributed by atoms with Crippen molar-refractivity contribution in [3.05, 3.63) is 30.1 Å². The molecule has 0 amide bonds. The highest BCUT2D eigenvalue weighted by molar-refractivity contribution is 6.60. The highest BCUT2D eigenvalue weighted by Gasteiger charge is 2.27. The van der Waals surface area contributed by atoms with Crippen LogP contribution in [-0.2, 0) is 9.72 Å². The van der Waals surface area contributed by atoms with E-state index in [0.717, 1.165) is 19.2 Å². The summed E-state index contributed by atoms with van der Waals surface area (Å²) in [6.07, 6.45) is 0. The quantitative estimate of drug-likeness (QED) is 0.751. The first-order valence-corrected chi connectivity index (χ1v) is 3.53. The zero-order valence-electron chi connectivity index (χ0n) is 7.28. The third-order valence-electron chi connectivity index (χ3n) is 1.32. The summed E-state index contributed by atoms with van der Waals surface area (Å²) in [5.74, 6) is -0.794. The summed E-state index contributed by atoms with van der Waals surface area (Å²) >= 11 is 0. The van der Waals surface area contributed by atoms with Gasteiger partial charge in [0.2, 0.25) is 0 Å². The summed E-state index contributed by atoms with van der Waals surface area (Å²) < 4.78 is 35.7. The van der Waals surface area contributed by atoms with E-state index in [0.29, 0.717) is 0 Å². The number of rotatable bonds is 3. The lowest BCUT2D eigenvalue weighted by molar-refractivity contribution is -0.100. The molecule has 1 N–H and O–H groups in total. The molecule has 1 aromatic rings. The molecule has 0 radical (unpaired) electrons. The Morgan fingerprint density at radius 1 is 1.14 bits per heavy atom. The molecule has 0 atom stereocenters. The van der Waals surface area contributed by atoms with Crippen LogP contribution >= 0.6 is 0 Å². The number of aliphatic hydroxyl groups excluding tert-OH is 1. The average Bonchev–Trinajstić information content (AvgIpc) is 2.25. The zero-order valence-corrected chi connectivity index (χ0v) is 7.28. The van der Waals surface area contributed by atoms with Crippen LogP contribution in [0.1, 0.15) is 0 Å². The Morgan fingerprint density at radius 2 is 1.64 bits per heavy atom. The molecule has 7 heteroatoms. The molecular weight excluding hydrogens is 200 g/mol. The van der Waals surface area contributed by atoms with Gasteiger partial charge in [-0.2, -0.15) is 0 Å². The van der Waals surface area contributed by atoms with Crippen LogP contribution in [0.25, 0.3) is 0 Å². The topological polar surface area (TPSA) is 38.7 Å². The van der Waals surface area contributed by atoms with Gasteiger partial charge in [-0.1, -0.05) is 27.3 Å². The Kier molecular flexibility index (Phi) is 6.82. The van der Waals surface area contributed by atoms with Gasteiger partial charge in [0, 0.05) is 12.6 Å². The molecular formula is C7H8BF3O3. The van der Waals surface area contributed by atoms with E-state index in [1.807, 2.05) is 0 Å². The molecule has 0 spiro atoms. The van der Waals surface area contributed by atoms with Gasteiger partial charge < -0.3 is 5.11 Å². The van der Waals surface area contributed by atoms with Crippen molar-refractivity contribution in [3.63, 3.8) is 0 Å². The van der Waals surface area contributed by atoms with Gasteiger partial charge in [0.15, 0.2) is 0 Å². The summed E-state index contributed by atoms with van der Waals surface area (Å²) in [7, 11) is -0.953. The predicted octanol–water partition coefficient (Wildman–Crippen LogP) is 0.932. The largest absolute Gasteiger partial charge is 0.571 e. The van der Waals surface area contributed by atoms with Crippen LogP contribution in [0.5, 0.6) is 0 Å². The molecule has 1 rings (SSSR count). The summed E-state index contributed by atoms with van der Waals surface area (Å²) in [6, 6.07) is 4.98. The van der Waals surface area contributed by atoms with Crippen molar-refractivity contribution in [3.8, 4) is 0 Å². The van der Waals surface area contributed by atoms with Crippen molar-refractivity contribution in [1.29, 1.82) is 0 Å². The smallest absolute Gasteiger partial charge is 0.400 e. The van der Waals surface area contributed by atoms with Crippen molar-refractivity contribution in [2.75, 3.05) is 7.11 Å².